The molecule has 0 fully saturated rings. The minimum Gasteiger partial charge on any atom is -0.492 e. The van der Waals surface area contributed by atoms with Crippen LogP contribution in [0.25, 0.3) is 0 Å². The van der Waals surface area contributed by atoms with Gasteiger partial charge in [-0.05, 0) is 48.5 Å². The van der Waals surface area contributed by atoms with Gasteiger partial charge in [-0.1, -0.05) is 0 Å². The molecule has 9 heteroatoms. The normalized spacial score (nSPS) is 12.8. The third kappa shape index (κ3) is 5.54. The van der Waals surface area contributed by atoms with E-state index in [2.05, 4.69) is 9.97 Å². The van der Waals surface area contributed by atoms with Crippen LogP contribution in [0.3, 0.4) is 0 Å². The molecule has 2 aromatic heterocycles. The number of ketones is 1. The van der Waals surface area contributed by atoms with E-state index in [0.29, 0.717) is 21.5 Å². The predicted octanol–water partition coefficient (Wildman–Crippen LogP) is 5.47. The average molecular weight is 473 g/mol. The molecule has 0 amide bonds. The fourth-order valence-corrected chi connectivity index (χ4v) is 4.49. The molecule has 0 spiro atoms. The van der Waals surface area contributed by atoms with Crippen molar-refractivity contribution < 1.29 is 23.0 Å². The molecule has 0 aliphatic heterocycles. The van der Waals surface area contributed by atoms with Gasteiger partial charge in [-0.25, -0.2) is 18.7 Å². The van der Waals surface area contributed by atoms with Gasteiger partial charge in [0.15, 0.2) is 5.78 Å². The van der Waals surface area contributed by atoms with Gasteiger partial charge in [-0.2, -0.15) is 0 Å². The fraction of sp³-hybridized carbons (Fsp3) is 0.174. The number of Topliss-reactive ketones (excluding diaryl/α,β-unsaturated/α-hetero) is 1. The molecule has 2 aromatic carbocycles. The lowest BCUT2D eigenvalue weighted by atomic mass is 9.94. The Morgan fingerprint density at radius 3 is 1.50 bits per heavy atom. The quantitative estimate of drug-likeness (QED) is 0.306. The molecule has 0 saturated carbocycles. The first kappa shape index (κ1) is 22.0. The molecule has 4 rings (SSSR count). The van der Waals surface area contributed by atoms with Crippen LogP contribution in [0, 0.1) is 11.6 Å². The van der Waals surface area contributed by atoms with E-state index in [9.17, 15) is 13.6 Å². The second-order valence-corrected chi connectivity index (χ2v) is 8.63. The van der Waals surface area contributed by atoms with Crippen molar-refractivity contribution in [3.05, 3.63) is 93.3 Å². The molecule has 2 heterocycles. The number of aromatic nitrogens is 2. The van der Waals surface area contributed by atoms with Gasteiger partial charge < -0.3 is 9.47 Å². The van der Waals surface area contributed by atoms with Crippen LogP contribution >= 0.6 is 22.7 Å². The van der Waals surface area contributed by atoms with Crippen LogP contribution in [-0.4, -0.2) is 29.0 Å². The van der Waals surface area contributed by atoms with Gasteiger partial charge in [0, 0.05) is 23.2 Å². The fourth-order valence-electron chi connectivity index (χ4n) is 3.03. The number of halogens is 2. The molecule has 0 saturated heterocycles. The summed E-state index contributed by atoms with van der Waals surface area (Å²) in [6.07, 6.45) is 3.26. The smallest absolute Gasteiger partial charge is 0.159 e. The van der Waals surface area contributed by atoms with Crippen molar-refractivity contribution in [2.75, 3.05) is 13.2 Å². The summed E-state index contributed by atoms with van der Waals surface area (Å²) < 4.78 is 38.0. The molecule has 4 aromatic rings. The number of benzene rings is 2. The molecule has 32 heavy (non-hydrogen) atoms. The summed E-state index contributed by atoms with van der Waals surface area (Å²) in [6.45, 7) is 0.0762. The first-order valence-electron chi connectivity index (χ1n) is 9.69. The highest BCUT2D eigenvalue weighted by molar-refractivity contribution is 7.10. The molecular weight excluding hydrogens is 454 g/mol. The summed E-state index contributed by atoms with van der Waals surface area (Å²) >= 11 is 2.71. The maximum Gasteiger partial charge on any atom is 0.159 e. The molecule has 0 N–H and O–H groups in total. The highest BCUT2D eigenvalue weighted by Gasteiger charge is 2.34. The Kier molecular flexibility index (Phi) is 7.18. The van der Waals surface area contributed by atoms with Crippen molar-refractivity contribution in [2.24, 2.45) is 0 Å². The minimum atomic E-state index is -0.661. The molecule has 2 unspecified atom stereocenters. The van der Waals surface area contributed by atoms with Crippen LogP contribution in [0.4, 0.5) is 8.78 Å². The number of carbonyl (C=O) groups is 1. The number of rotatable bonds is 10. The van der Waals surface area contributed by atoms with Crippen LogP contribution in [0.2, 0.25) is 0 Å². The van der Waals surface area contributed by atoms with Crippen molar-refractivity contribution in [2.45, 2.75) is 11.8 Å². The summed E-state index contributed by atoms with van der Waals surface area (Å²) in [7, 11) is 0. The van der Waals surface area contributed by atoms with Gasteiger partial charge in [0.1, 0.15) is 58.2 Å². The molecule has 164 valence electrons. The molecular formula is C23H18F2N2O3S2. The average Bonchev–Trinajstić information content (AvgIpc) is 3.52. The molecule has 0 bridgehead atoms. The van der Waals surface area contributed by atoms with E-state index < -0.39 is 11.8 Å². The highest BCUT2D eigenvalue weighted by atomic mass is 32.1. The molecule has 0 aliphatic rings. The Morgan fingerprint density at radius 1 is 0.750 bits per heavy atom. The van der Waals surface area contributed by atoms with Crippen LogP contribution in [-0.2, 0) is 4.79 Å². The lowest BCUT2D eigenvalue weighted by Gasteiger charge is -2.21. The number of carbonyl (C=O) groups excluding carboxylic acids is 1. The third-order valence-corrected chi connectivity index (χ3v) is 6.42. The van der Waals surface area contributed by atoms with Crippen molar-refractivity contribution >= 4 is 28.5 Å². The van der Waals surface area contributed by atoms with E-state index in [4.69, 9.17) is 9.47 Å². The number of nitrogens with zero attached hydrogens (tertiary/aromatic N) is 2. The SMILES string of the molecule is O=C(C(COc1ccc(F)cc1)c1nccs1)C(COc1ccc(F)cc1)c1nccs1. The lowest BCUT2D eigenvalue weighted by Crippen LogP contribution is -2.29. The summed E-state index contributed by atoms with van der Waals surface area (Å²) in [5.41, 5.74) is 0. The van der Waals surface area contributed by atoms with Crippen molar-refractivity contribution in [3.63, 3.8) is 0 Å². The Balaban J connectivity index is 1.54. The Labute approximate surface area is 191 Å². The van der Waals surface area contributed by atoms with Crippen molar-refractivity contribution in [3.8, 4) is 11.5 Å². The van der Waals surface area contributed by atoms with E-state index in [1.54, 1.807) is 23.2 Å². The summed E-state index contributed by atoms with van der Waals surface area (Å²) in [6, 6.07) is 11.2. The Bertz CT molecular complexity index is 1030. The largest absolute Gasteiger partial charge is 0.492 e. The van der Waals surface area contributed by atoms with E-state index in [0.717, 1.165) is 0 Å². The van der Waals surface area contributed by atoms with E-state index in [1.807, 2.05) is 0 Å². The first-order valence-corrected chi connectivity index (χ1v) is 11.5. The van der Waals surface area contributed by atoms with Gasteiger partial charge in [-0.15, -0.1) is 22.7 Å². The van der Waals surface area contributed by atoms with Crippen LogP contribution < -0.4 is 9.47 Å². The molecule has 0 radical (unpaired) electrons. The van der Waals surface area contributed by atoms with Gasteiger partial charge in [0.25, 0.3) is 0 Å². The minimum absolute atomic E-state index is 0.0381. The predicted molar refractivity (Wildman–Crippen MR) is 119 cm³/mol. The van der Waals surface area contributed by atoms with Crippen LogP contribution in [0.5, 0.6) is 11.5 Å². The third-order valence-electron chi connectivity index (χ3n) is 4.65. The standard InChI is InChI=1S/C23H18F2N2O3S2/c24-15-1-5-17(6-2-15)29-13-19(22-26-9-11-31-22)21(28)20(23-27-10-12-32-23)14-30-18-7-3-16(25)4-8-18/h1-12,19-20H,13-14H2. The van der Waals surface area contributed by atoms with Gasteiger partial charge in [0.2, 0.25) is 0 Å². The highest BCUT2D eigenvalue weighted by Crippen LogP contribution is 2.30. The second kappa shape index (κ2) is 10.4. The van der Waals surface area contributed by atoms with E-state index >= 15 is 0 Å². The topological polar surface area (TPSA) is 61.3 Å². The first-order chi connectivity index (χ1) is 15.6. The Hall–Kier alpha value is -3.17. The zero-order chi connectivity index (χ0) is 22.3. The van der Waals surface area contributed by atoms with Crippen molar-refractivity contribution in [1.29, 1.82) is 0 Å². The number of ether oxygens (including phenoxy) is 2. The van der Waals surface area contributed by atoms with Crippen LogP contribution in [0.15, 0.2) is 71.7 Å². The second-order valence-electron chi connectivity index (χ2n) is 6.78. The molecule has 5 nitrogen and oxygen atoms in total. The molecule has 2 atom stereocenters. The molecule has 0 aliphatic carbocycles. The lowest BCUT2D eigenvalue weighted by molar-refractivity contribution is -0.123. The van der Waals surface area contributed by atoms with Gasteiger partial charge in [-0.3, -0.25) is 4.79 Å². The summed E-state index contributed by atoms with van der Waals surface area (Å²) in [5, 5.41) is 4.81. The monoisotopic (exact) mass is 472 g/mol. The van der Waals surface area contributed by atoms with E-state index in [-0.39, 0.29) is 30.6 Å². The Morgan fingerprint density at radius 2 is 1.16 bits per heavy atom. The zero-order valence-corrected chi connectivity index (χ0v) is 18.3. The van der Waals surface area contributed by atoms with E-state index in [1.165, 1.54) is 71.2 Å². The van der Waals surface area contributed by atoms with Crippen LogP contribution in [0.1, 0.15) is 21.9 Å². The zero-order valence-electron chi connectivity index (χ0n) is 16.7. The van der Waals surface area contributed by atoms with Gasteiger partial charge >= 0.3 is 0 Å². The number of hydrogen-bond donors (Lipinski definition) is 0. The number of thiazole rings is 2. The summed E-state index contributed by atoms with van der Waals surface area (Å²) in [4.78, 5) is 22.3. The van der Waals surface area contributed by atoms with Gasteiger partial charge in [0.05, 0.1) is 0 Å². The summed E-state index contributed by atoms with van der Waals surface area (Å²) in [5.74, 6) is -1.31. The number of hydrogen-bond acceptors (Lipinski definition) is 7. The maximum atomic E-state index is 13.6. The van der Waals surface area contributed by atoms with Crippen molar-refractivity contribution in [1.82, 2.24) is 9.97 Å². The maximum absolute atomic E-state index is 13.6.